The van der Waals surface area contributed by atoms with Crippen molar-refractivity contribution in [3.63, 3.8) is 0 Å². The first-order valence-electron chi connectivity index (χ1n) is 6.96. The highest BCUT2D eigenvalue weighted by Crippen LogP contribution is 2.23. The number of carbonyl (C=O) groups is 1. The van der Waals surface area contributed by atoms with E-state index in [0.717, 1.165) is 37.0 Å². The van der Waals surface area contributed by atoms with E-state index in [1.807, 2.05) is 0 Å². The number of hydrogen-bond donors (Lipinski definition) is 0. The van der Waals surface area contributed by atoms with Crippen molar-refractivity contribution < 1.29 is 18.3 Å². The summed E-state index contributed by atoms with van der Waals surface area (Å²) in [6.07, 6.45) is 0.837. The van der Waals surface area contributed by atoms with Crippen molar-refractivity contribution >= 4 is 11.7 Å². The largest absolute Gasteiger partial charge is 0.487 e. The molecule has 2 aromatic rings. The van der Waals surface area contributed by atoms with Crippen LogP contribution < -0.4 is 9.64 Å². The monoisotopic (exact) mass is 307 g/mol. The third-order valence-electron chi connectivity index (χ3n) is 3.44. The summed E-state index contributed by atoms with van der Waals surface area (Å²) < 4.78 is 33.3. The Morgan fingerprint density at radius 1 is 1.23 bits per heavy atom. The molecule has 0 atom stereocenters. The first-order chi connectivity index (χ1) is 10.5. The Bertz CT molecular complexity index is 695. The van der Waals surface area contributed by atoms with Crippen LogP contribution in [0.1, 0.15) is 19.0 Å². The lowest BCUT2D eigenvalue weighted by Crippen LogP contribution is -2.35. The number of halogens is 2. The molecule has 0 bridgehead atoms. The van der Waals surface area contributed by atoms with Crippen LogP contribution in [0.4, 0.5) is 14.6 Å². The molecule has 0 saturated carbocycles. The maximum atomic E-state index is 13.1. The summed E-state index contributed by atoms with van der Waals surface area (Å²) in [4.78, 5) is 13.2. The Hall–Kier alpha value is -2.44. The summed E-state index contributed by atoms with van der Waals surface area (Å²) in [6, 6.07) is 4.77. The number of rotatable bonds is 3. The number of anilines is 1. The van der Waals surface area contributed by atoms with Gasteiger partial charge >= 0.3 is 0 Å². The highest BCUT2D eigenvalue weighted by atomic mass is 19.1. The van der Waals surface area contributed by atoms with Gasteiger partial charge in [0.15, 0.2) is 0 Å². The smallest absolute Gasteiger partial charge is 0.225 e. The average Bonchev–Trinajstić information content (AvgIpc) is 2.86. The first kappa shape index (κ1) is 14.5. The molecule has 3 rings (SSSR count). The Kier molecular flexibility index (Phi) is 3.79. The van der Waals surface area contributed by atoms with E-state index in [0.29, 0.717) is 12.2 Å². The summed E-state index contributed by atoms with van der Waals surface area (Å²) >= 11 is 0. The first-order valence-corrected chi connectivity index (χ1v) is 6.96. The molecule has 1 aromatic heterocycles. The molecule has 0 saturated heterocycles. The fourth-order valence-electron chi connectivity index (χ4n) is 2.49. The summed E-state index contributed by atoms with van der Waals surface area (Å²) in [7, 11) is 0. The second kappa shape index (κ2) is 5.75. The molecule has 22 heavy (non-hydrogen) atoms. The van der Waals surface area contributed by atoms with Crippen LogP contribution in [-0.2, 0) is 17.9 Å². The zero-order valence-electron chi connectivity index (χ0n) is 12.1. The number of nitrogens with zero attached hydrogens (tertiary/aromatic N) is 3. The Morgan fingerprint density at radius 2 is 1.95 bits per heavy atom. The summed E-state index contributed by atoms with van der Waals surface area (Å²) in [5.41, 5.74) is 0.604. The molecule has 1 aromatic carbocycles. The minimum absolute atomic E-state index is 0.0412. The van der Waals surface area contributed by atoms with Crippen LogP contribution in [0.25, 0.3) is 0 Å². The van der Waals surface area contributed by atoms with Gasteiger partial charge in [0.1, 0.15) is 35.5 Å². The van der Waals surface area contributed by atoms with Gasteiger partial charge in [0.25, 0.3) is 0 Å². The molecule has 0 fully saturated rings. The van der Waals surface area contributed by atoms with Crippen molar-refractivity contribution in [2.45, 2.75) is 26.5 Å². The summed E-state index contributed by atoms with van der Waals surface area (Å²) in [6.45, 7) is 2.98. The van der Waals surface area contributed by atoms with Gasteiger partial charge in [-0.15, -0.1) is 0 Å². The molecule has 2 heterocycles. The lowest BCUT2D eigenvalue weighted by Gasteiger charge is -2.26. The molecule has 7 heteroatoms. The van der Waals surface area contributed by atoms with Crippen LogP contribution in [0.2, 0.25) is 0 Å². The SMILES string of the molecule is CC(=O)N1CCCn2nc(COc3cc(F)cc(F)c3)cc21. The number of fused-ring (bicyclic) bond motifs is 1. The van der Waals surface area contributed by atoms with Crippen LogP contribution in [-0.4, -0.2) is 22.2 Å². The summed E-state index contributed by atoms with van der Waals surface area (Å²) in [5.74, 6) is -0.598. The van der Waals surface area contributed by atoms with Gasteiger partial charge in [-0.2, -0.15) is 5.10 Å². The lowest BCUT2D eigenvalue weighted by atomic mass is 10.3. The Balaban J connectivity index is 1.75. The van der Waals surface area contributed by atoms with Gasteiger partial charge in [-0.1, -0.05) is 0 Å². The lowest BCUT2D eigenvalue weighted by molar-refractivity contribution is -0.116. The normalized spacial score (nSPS) is 13.9. The maximum Gasteiger partial charge on any atom is 0.225 e. The van der Waals surface area contributed by atoms with E-state index < -0.39 is 11.6 Å². The van der Waals surface area contributed by atoms with E-state index in [9.17, 15) is 13.6 Å². The van der Waals surface area contributed by atoms with Crippen LogP contribution in [0.15, 0.2) is 24.3 Å². The molecule has 0 aliphatic carbocycles. The van der Waals surface area contributed by atoms with Crippen molar-refractivity contribution in [3.05, 3.63) is 41.6 Å². The zero-order valence-corrected chi connectivity index (χ0v) is 12.1. The van der Waals surface area contributed by atoms with Crippen LogP contribution in [0.3, 0.4) is 0 Å². The van der Waals surface area contributed by atoms with E-state index in [1.165, 1.54) is 6.92 Å². The van der Waals surface area contributed by atoms with Gasteiger partial charge in [-0.25, -0.2) is 13.5 Å². The number of aromatic nitrogens is 2. The van der Waals surface area contributed by atoms with E-state index in [1.54, 1.807) is 15.6 Å². The van der Waals surface area contributed by atoms with Crippen LogP contribution >= 0.6 is 0 Å². The molecule has 0 spiro atoms. The molecule has 1 aliphatic heterocycles. The standard InChI is InChI=1S/C15H15F2N3O2/c1-10(21)19-3-2-4-20-15(19)8-13(18-20)9-22-14-6-11(16)5-12(17)7-14/h5-8H,2-4,9H2,1H3. The minimum atomic E-state index is -0.693. The number of aryl methyl sites for hydroxylation is 1. The highest BCUT2D eigenvalue weighted by Gasteiger charge is 2.22. The van der Waals surface area contributed by atoms with E-state index in [-0.39, 0.29) is 18.3 Å². The molecule has 5 nitrogen and oxygen atoms in total. The number of benzene rings is 1. The average molecular weight is 307 g/mol. The fourth-order valence-corrected chi connectivity index (χ4v) is 2.49. The third kappa shape index (κ3) is 2.93. The van der Waals surface area contributed by atoms with Crippen molar-refractivity contribution in [1.29, 1.82) is 0 Å². The van der Waals surface area contributed by atoms with E-state index >= 15 is 0 Å². The Labute approximate surface area is 126 Å². The molecule has 0 N–H and O–H groups in total. The van der Waals surface area contributed by atoms with Gasteiger partial charge in [0.2, 0.25) is 5.91 Å². The van der Waals surface area contributed by atoms with Crippen molar-refractivity contribution in [2.24, 2.45) is 0 Å². The molecule has 1 amide bonds. The van der Waals surface area contributed by atoms with Gasteiger partial charge in [-0.3, -0.25) is 9.69 Å². The second-order valence-corrected chi connectivity index (χ2v) is 5.14. The number of ether oxygens (including phenoxy) is 1. The van der Waals surface area contributed by atoms with E-state index in [4.69, 9.17) is 4.74 Å². The molecule has 0 unspecified atom stereocenters. The zero-order chi connectivity index (χ0) is 15.7. The molecular formula is C15H15F2N3O2. The number of hydrogen-bond acceptors (Lipinski definition) is 3. The van der Waals surface area contributed by atoms with Gasteiger partial charge in [-0.05, 0) is 6.42 Å². The summed E-state index contributed by atoms with van der Waals surface area (Å²) in [5, 5.41) is 4.35. The topological polar surface area (TPSA) is 47.4 Å². The molecular weight excluding hydrogens is 292 g/mol. The third-order valence-corrected chi connectivity index (χ3v) is 3.44. The Morgan fingerprint density at radius 3 is 2.64 bits per heavy atom. The predicted molar refractivity (Wildman–Crippen MR) is 75.6 cm³/mol. The van der Waals surface area contributed by atoms with Gasteiger partial charge in [0.05, 0.1) is 0 Å². The quantitative estimate of drug-likeness (QED) is 0.875. The number of carbonyl (C=O) groups excluding carboxylic acids is 1. The minimum Gasteiger partial charge on any atom is -0.487 e. The number of amides is 1. The molecule has 116 valence electrons. The van der Waals surface area contributed by atoms with Crippen LogP contribution in [0.5, 0.6) is 5.75 Å². The van der Waals surface area contributed by atoms with Crippen LogP contribution in [0, 0.1) is 11.6 Å². The van der Waals surface area contributed by atoms with Crippen molar-refractivity contribution in [3.8, 4) is 5.75 Å². The van der Waals surface area contributed by atoms with Crippen molar-refractivity contribution in [2.75, 3.05) is 11.4 Å². The highest BCUT2D eigenvalue weighted by molar-refractivity contribution is 5.90. The van der Waals surface area contributed by atoms with E-state index in [2.05, 4.69) is 5.10 Å². The second-order valence-electron chi connectivity index (χ2n) is 5.14. The molecule has 1 aliphatic rings. The van der Waals surface area contributed by atoms with Crippen molar-refractivity contribution in [1.82, 2.24) is 9.78 Å². The fraction of sp³-hybridized carbons (Fsp3) is 0.333. The maximum absolute atomic E-state index is 13.1. The van der Waals surface area contributed by atoms with Gasteiger partial charge < -0.3 is 4.74 Å². The molecule has 0 radical (unpaired) electrons. The predicted octanol–water partition coefficient (Wildman–Crippen LogP) is 2.50. The van der Waals surface area contributed by atoms with Gasteiger partial charge in [0, 0.05) is 44.3 Å².